The van der Waals surface area contributed by atoms with E-state index in [1.165, 1.54) is 10.9 Å². The van der Waals surface area contributed by atoms with Gasteiger partial charge in [0.2, 0.25) is 0 Å². The number of hydrogen-bond acceptors (Lipinski definition) is 5. The molecule has 0 saturated carbocycles. The van der Waals surface area contributed by atoms with Crippen LogP contribution >= 0.6 is 0 Å². The van der Waals surface area contributed by atoms with Crippen molar-refractivity contribution in [2.45, 2.75) is 13.5 Å². The van der Waals surface area contributed by atoms with E-state index in [0.717, 1.165) is 0 Å². The molecule has 0 atom stereocenters. The second-order valence-electron chi connectivity index (χ2n) is 3.75. The standard InChI is InChI=1S/C10H9FN6O/c1-5-13-9-6(2-12-15-9)10(14-5)17-3-7(11)8(4-18)16-17/h2-3,18H,4H2,1H3,(H,12,13,14,15). The van der Waals surface area contributed by atoms with Crippen LogP contribution in [-0.4, -0.2) is 35.1 Å². The molecule has 0 aromatic carbocycles. The first kappa shape index (κ1) is 10.8. The first-order chi connectivity index (χ1) is 8.69. The summed E-state index contributed by atoms with van der Waals surface area (Å²) in [5.74, 6) is 0.360. The third-order valence-corrected chi connectivity index (χ3v) is 2.51. The molecule has 0 unspecified atom stereocenters. The number of aromatic nitrogens is 6. The molecule has 18 heavy (non-hydrogen) atoms. The van der Waals surface area contributed by atoms with Crippen LogP contribution in [0.1, 0.15) is 11.5 Å². The van der Waals surface area contributed by atoms with Crippen LogP contribution < -0.4 is 0 Å². The van der Waals surface area contributed by atoms with Gasteiger partial charge in [0.25, 0.3) is 0 Å². The Labute approximate surface area is 100 Å². The minimum absolute atomic E-state index is 0.0251. The zero-order valence-corrected chi connectivity index (χ0v) is 9.42. The lowest BCUT2D eigenvalue weighted by atomic mass is 10.4. The van der Waals surface area contributed by atoms with Crippen LogP contribution in [0.4, 0.5) is 4.39 Å². The molecule has 0 aliphatic carbocycles. The molecular formula is C10H9FN6O. The summed E-state index contributed by atoms with van der Waals surface area (Å²) in [5.41, 5.74) is 0.530. The van der Waals surface area contributed by atoms with E-state index < -0.39 is 12.4 Å². The minimum atomic E-state index is -0.578. The Morgan fingerprint density at radius 3 is 3.00 bits per heavy atom. The number of nitrogens with zero attached hydrogens (tertiary/aromatic N) is 5. The van der Waals surface area contributed by atoms with Gasteiger partial charge in [-0.1, -0.05) is 0 Å². The van der Waals surface area contributed by atoms with Gasteiger partial charge in [-0.05, 0) is 6.92 Å². The fourth-order valence-electron chi connectivity index (χ4n) is 1.71. The summed E-state index contributed by atoms with van der Waals surface area (Å²) in [6, 6.07) is 0. The Kier molecular flexibility index (Phi) is 2.30. The highest BCUT2D eigenvalue weighted by Crippen LogP contribution is 2.18. The number of aryl methyl sites for hydroxylation is 1. The molecule has 3 rings (SSSR count). The summed E-state index contributed by atoms with van der Waals surface area (Å²) in [7, 11) is 0. The molecule has 3 heterocycles. The van der Waals surface area contributed by atoms with Gasteiger partial charge in [0.15, 0.2) is 17.3 Å². The molecule has 92 valence electrons. The number of H-pyrrole nitrogens is 1. The predicted molar refractivity (Wildman–Crippen MR) is 59.4 cm³/mol. The molecule has 0 amide bonds. The van der Waals surface area contributed by atoms with Crippen molar-refractivity contribution >= 4 is 11.0 Å². The normalized spacial score (nSPS) is 11.3. The summed E-state index contributed by atoms with van der Waals surface area (Å²) in [6.45, 7) is 1.26. The number of nitrogens with one attached hydrogen (secondary N) is 1. The number of fused-ring (bicyclic) bond motifs is 1. The largest absolute Gasteiger partial charge is 0.390 e. The van der Waals surface area contributed by atoms with Crippen molar-refractivity contribution in [2.75, 3.05) is 0 Å². The number of hydrogen-bond donors (Lipinski definition) is 2. The van der Waals surface area contributed by atoms with Gasteiger partial charge in [0.05, 0.1) is 24.4 Å². The summed E-state index contributed by atoms with van der Waals surface area (Å²) in [5, 5.41) is 20.1. The Morgan fingerprint density at radius 1 is 1.44 bits per heavy atom. The predicted octanol–water partition coefficient (Wildman–Crippen LogP) is 0.478. The number of aromatic amines is 1. The second kappa shape index (κ2) is 3.84. The highest BCUT2D eigenvalue weighted by molar-refractivity contribution is 5.81. The molecule has 0 bridgehead atoms. The van der Waals surface area contributed by atoms with Crippen LogP contribution in [-0.2, 0) is 6.61 Å². The van der Waals surface area contributed by atoms with Gasteiger partial charge in [0.1, 0.15) is 11.5 Å². The zero-order chi connectivity index (χ0) is 12.7. The lowest BCUT2D eigenvalue weighted by Crippen LogP contribution is -2.02. The fraction of sp³-hybridized carbons (Fsp3) is 0.200. The molecule has 0 radical (unpaired) electrons. The Bertz CT molecular complexity index is 718. The van der Waals surface area contributed by atoms with Crippen molar-refractivity contribution in [2.24, 2.45) is 0 Å². The molecule has 7 nitrogen and oxygen atoms in total. The zero-order valence-electron chi connectivity index (χ0n) is 9.42. The number of aliphatic hydroxyl groups is 1. The van der Waals surface area contributed by atoms with Crippen LogP contribution in [0.5, 0.6) is 0 Å². The van der Waals surface area contributed by atoms with Gasteiger partial charge in [-0.3, -0.25) is 5.10 Å². The maximum Gasteiger partial charge on any atom is 0.168 e. The fourth-order valence-corrected chi connectivity index (χ4v) is 1.71. The van der Waals surface area contributed by atoms with Crippen LogP contribution in [0.15, 0.2) is 12.4 Å². The quantitative estimate of drug-likeness (QED) is 0.688. The summed E-state index contributed by atoms with van der Waals surface area (Å²) in [6.07, 6.45) is 2.71. The van der Waals surface area contributed by atoms with E-state index in [1.54, 1.807) is 13.1 Å². The number of aliphatic hydroxyl groups excluding tert-OH is 1. The second-order valence-corrected chi connectivity index (χ2v) is 3.75. The van der Waals surface area contributed by atoms with E-state index in [9.17, 15) is 4.39 Å². The molecule has 0 aliphatic heterocycles. The van der Waals surface area contributed by atoms with E-state index in [-0.39, 0.29) is 5.69 Å². The Hall–Kier alpha value is -2.35. The molecule has 2 N–H and O–H groups in total. The van der Waals surface area contributed by atoms with E-state index in [0.29, 0.717) is 22.7 Å². The SMILES string of the molecule is Cc1nc(-n2cc(F)c(CO)n2)c2cn[nH]c2n1. The summed E-state index contributed by atoms with van der Waals surface area (Å²) >= 11 is 0. The number of halogens is 1. The lowest BCUT2D eigenvalue weighted by Gasteiger charge is -2.02. The first-order valence-corrected chi connectivity index (χ1v) is 5.22. The minimum Gasteiger partial charge on any atom is -0.390 e. The maximum absolute atomic E-state index is 13.4. The van der Waals surface area contributed by atoms with Crippen LogP contribution in [0.25, 0.3) is 16.9 Å². The van der Waals surface area contributed by atoms with E-state index in [1.807, 2.05) is 0 Å². The first-order valence-electron chi connectivity index (χ1n) is 5.22. The Balaban J connectivity index is 2.26. The Morgan fingerprint density at radius 2 is 2.28 bits per heavy atom. The molecule has 0 saturated heterocycles. The van der Waals surface area contributed by atoms with Gasteiger partial charge in [-0.25, -0.2) is 19.0 Å². The third-order valence-electron chi connectivity index (χ3n) is 2.51. The average molecular weight is 248 g/mol. The molecular weight excluding hydrogens is 239 g/mol. The highest BCUT2D eigenvalue weighted by Gasteiger charge is 2.14. The molecule has 3 aromatic heterocycles. The van der Waals surface area contributed by atoms with Crippen LogP contribution in [0.2, 0.25) is 0 Å². The van der Waals surface area contributed by atoms with Crippen molar-refractivity contribution in [1.29, 1.82) is 0 Å². The van der Waals surface area contributed by atoms with Crippen molar-refractivity contribution in [1.82, 2.24) is 29.9 Å². The third kappa shape index (κ3) is 1.54. The summed E-state index contributed by atoms with van der Waals surface area (Å²) in [4.78, 5) is 8.37. The molecule has 0 fully saturated rings. The van der Waals surface area contributed by atoms with Crippen molar-refractivity contribution in [3.8, 4) is 5.82 Å². The van der Waals surface area contributed by atoms with Crippen molar-refractivity contribution < 1.29 is 9.50 Å². The van der Waals surface area contributed by atoms with Crippen LogP contribution in [0, 0.1) is 12.7 Å². The van der Waals surface area contributed by atoms with E-state index in [2.05, 4.69) is 25.3 Å². The average Bonchev–Trinajstić information content (AvgIpc) is 2.93. The highest BCUT2D eigenvalue weighted by atomic mass is 19.1. The summed E-state index contributed by atoms with van der Waals surface area (Å²) < 4.78 is 14.7. The van der Waals surface area contributed by atoms with Crippen molar-refractivity contribution in [3.05, 3.63) is 29.7 Å². The molecule has 8 heteroatoms. The van der Waals surface area contributed by atoms with Crippen LogP contribution in [0.3, 0.4) is 0 Å². The molecule has 0 aliphatic rings. The maximum atomic E-state index is 13.4. The van der Waals surface area contributed by atoms with Gasteiger partial charge < -0.3 is 5.11 Å². The van der Waals surface area contributed by atoms with Gasteiger partial charge in [0, 0.05) is 0 Å². The van der Waals surface area contributed by atoms with E-state index in [4.69, 9.17) is 5.11 Å². The topological polar surface area (TPSA) is 92.5 Å². The lowest BCUT2D eigenvalue weighted by molar-refractivity contribution is 0.270. The smallest absolute Gasteiger partial charge is 0.168 e. The van der Waals surface area contributed by atoms with Gasteiger partial charge in [-0.2, -0.15) is 10.2 Å². The van der Waals surface area contributed by atoms with Crippen molar-refractivity contribution in [3.63, 3.8) is 0 Å². The monoisotopic (exact) mass is 248 g/mol. The number of rotatable bonds is 2. The van der Waals surface area contributed by atoms with Gasteiger partial charge in [-0.15, -0.1) is 0 Å². The molecule has 3 aromatic rings. The molecule has 0 spiro atoms. The van der Waals surface area contributed by atoms with Gasteiger partial charge >= 0.3 is 0 Å². The van der Waals surface area contributed by atoms with E-state index >= 15 is 0 Å².